The van der Waals surface area contributed by atoms with Gasteiger partial charge in [0.05, 0.1) is 11.4 Å². The van der Waals surface area contributed by atoms with Crippen LogP contribution in [0, 0.1) is 11.6 Å². The zero-order chi connectivity index (χ0) is 11.1. The van der Waals surface area contributed by atoms with E-state index in [0.29, 0.717) is 0 Å². The van der Waals surface area contributed by atoms with E-state index in [-0.39, 0.29) is 18.4 Å². The first-order chi connectivity index (χ1) is 6.25. The highest BCUT2D eigenvalue weighted by atomic mass is 32.2. The molecule has 0 spiro atoms. The lowest BCUT2D eigenvalue weighted by molar-refractivity contribution is 0.478. The van der Waals surface area contributed by atoms with Crippen LogP contribution in [0.3, 0.4) is 0 Å². The van der Waals surface area contributed by atoms with Crippen LogP contribution in [0.5, 0.6) is 0 Å². The minimum absolute atomic E-state index is 0. The lowest BCUT2D eigenvalue weighted by Gasteiger charge is -2.06. The zero-order valence-corrected chi connectivity index (χ0v) is 8.89. The van der Waals surface area contributed by atoms with Gasteiger partial charge in [0.2, 0.25) is 0 Å². The Bertz CT molecular complexity index is 491. The summed E-state index contributed by atoms with van der Waals surface area (Å²) in [4.78, 5) is -0.950. The molecule has 94 valence electrons. The molecule has 0 radical (unpaired) electrons. The van der Waals surface area contributed by atoms with E-state index >= 15 is 0 Å². The maximum Gasteiger partial charge on any atom is 0.296 e. The number of benzene rings is 1. The van der Waals surface area contributed by atoms with Gasteiger partial charge < -0.3 is 23.8 Å². The molecule has 0 saturated heterocycles. The molecule has 0 aliphatic heterocycles. The van der Waals surface area contributed by atoms with E-state index in [1.54, 1.807) is 0 Å². The summed E-state index contributed by atoms with van der Waals surface area (Å²) in [5.41, 5.74) is 8.47. The molecule has 0 aliphatic carbocycles. The van der Waals surface area contributed by atoms with Crippen LogP contribution in [0.15, 0.2) is 11.0 Å². The van der Waals surface area contributed by atoms with Crippen LogP contribution in [0.25, 0.3) is 0 Å². The second-order valence-electron chi connectivity index (χ2n) is 2.47. The molecule has 0 bridgehead atoms. The molecule has 0 aromatic heterocycles. The quantitative estimate of drug-likeness (QED) is 0.363. The van der Waals surface area contributed by atoms with Crippen LogP contribution in [0.2, 0.25) is 0 Å². The van der Waals surface area contributed by atoms with Gasteiger partial charge in [0.15, 0.2) is 11.6 Å². The van der Waals surface area contributed by atoms with Crippen molar-refractivity contribution in [3.63, 3.8) is 0 Å². The van der Waals surface area contributed by atoms with Gasteiger partial charge in [-0.1, -0.05) is 0 Å². The minimum Gasteiger partial charge on any atom is -0.396 e. The van der Waals surface area contributed by atoms with Crippen LogP contribution in [0.4, 0.5) is 20.2 Å². The van der Waals surface area contributed by atoms with Crippen molar-refractivity contribution in [3.8, 4) is 0 Å². The minimum atomic E-state index is -4.71. The molecule has 0 heterocycles. The summed E-state index contributed by atoms with van der Waals surface area (Å²) in [5.74, 6) is -2.95. The number of anilines is 2. The van der Waals surface area contributed by atoms with E-state index in [1.165, 1.54) is 0 Å². The summed E-state index contributed by atoms with van der Waals surface area (Å²) in [6.45, 7) is 0. The van der Waals surface area contributed by atoms with E-state index in [9.17, 15) is 17.2 Å². The first kappa shape index (κ1) is 16.9. The van der Waals surface area contributed by atoms with Crippen molar-refractivity contribution in [2.24, 2.45) is 0 Å². The van der Waals surface area contributed by atoms with Crippen molar-refractivity contribution < 1.29 is 21.8 Å². The Labute approximate surface area is 90.3 Å². The fourth-order valence-corrected chi connectivity index (χ4v) is 1.49. The maximum atomic E-state index is 12.7. The third-order valence-corrected chi connectivity index (χ3v) is 2.43. The number of hydrogen-bond donors (Lipinski definition) is 5. The molecule has 1 aromatic carbocycles. The van der Waals surface area contributed by atoms with Gasteiger partial charge in [0, 0.05) is 6.07 Å². The number of rotatable bonds is 1. The number of halogens is 2. The molecular formula is C6H12F2N4O3S. The molecule has 0 amide bonds. The van der Waals surface area contributed by atoms with Gasteiger partial charge in [-0.25, -0.2) is 8.78 Å². The SMILES string of the molecule is N.N.Nc1c(S(=O)(=O)O)cc(F)c(F)c1N. The van der Waals surface area contributed by atoms with E-state index in [4.69, 9.17) is 16.0 Å². The molecule has 0 atom stereocenters. The highest BCUT2D eigenvalue weighted by molar-refractivity contribution is 7.86. The predicted octanol–water partition coefficient (Wildman–Crippen LogP) is 0.700. The van der Waals surface area contributed by atoms with E-state index in [2.05, 4.69) is 0 Å². The molecule has 1 rings (SSSR count). The smallest absolute Gasteiger partial charge is 0.296 e. The van der Waals surface area contributed by atoms with Gasteiger partial charge in [-0.2, -0.15) is 8.42 Å². The summed E-state index contributed by atoms with van der Waals surface area (Å²) in [6.07, 6.45) is 0. The Morgan fingerprint density at radius 1 is 1.12 bits per heavy atom. The van der Waals surface area contributed by atoms with Gasteiger partial charge >= 0.3 is 0 Å². The Morgan fingerprint density at radius 2 is 1.56 bits per heavy atom. The van der Waals surface area contributed by atoms with Crippen molar-refractivity contribution in [1.29, 1.82) is 0 Å². The number of hydrogen-bond acceptors (Lipinski definition) is 6. The summed E-state index contributed by atoms with van der Waals surface area (Å²) in [5, 5.41) is 0. The largest absolute Gasteiger partial charge is 0.396 e. The Kier molecular flexibility index (Phi) is 5.32. The van der Waals surface area contributed by atoms with Gasteiger partial charge in [-0.15, -0.1) is 0 Å². The molecule has 0 saturated carbocycles. The van der Waals surface area contributed by atoms with Gasteiger partial charge in [0.25, 0.3) is 10.1 Å². The third kappa shape index (κ3) is 2.76. The van der Waals surface area contributed by atoms with Crippen molar-refractivity contribution in [2.75, 3.05) is 11.5 Å². The van der Waals surface area contributed by atoms with Crippen molar-refractivity contribution in [1.82, 2.24) is 12.3 Å². The molecule has 7 nitrogen and oxygen atoms in total. The average molecular weight is 258 g/mol. The molecule has 0 fully saturated rings. The predicted molar refractivity (Wildman–Crippen MR) is 55.0 cm³/mol. The lowest BCUT2D eigenvalue weighted by Crippen LogP contribution is -2.09. The standard InChI is InChI=1S/C6H6F2N2O3S.2H3N/c7-2-1-3(14(11,12)13)5(9)6(10)4(2)8;;/h1H,9-10H2,(H,11,12,13);2*1H3. The fraction of sp³-hybridized carbons (Fsp3) is 0. The molecule has 0 aliphatic rings. The average Bonchev–Trinajstić information content (AvgIpc) is 2.06. The van der Waals surface area contributed by atoms with Crippen molar-refractivity contribution in [2.45, 2.75) is 4.90 Å². The van der Waals surface area contributed by atoms with Crippen LogP contribution in [0.1, 0.15) is 0 Å². The molecule has 10 heteroatoms. The van der Waals surface area contributed by atoms with E-state index < -0.39 is 38.0 Å². The Morgan fingerprint density at radius 3 is 1.94 bits per heavy atom. The topological polar surface area (TPSA) is 176 Å². The van der Waals surface area contributed by atoms with Crippen molar-refractivity contribution in [3.05, 3.63) is 17.7 Å². The second-order valence-corrected chi connectivity index (χ2v) is 3.86. The maximum absolute atomic E-state index is 12.7. The van der Waals surface area contributed by atoms with Gasteiger partial charge in [0.1, 0.15) is 4.90 Å². The third-order valence-electron chi connectivity index (χ3n) is 1.54. The van der Waals surface area contributed by atoms with Crippen LogP contribution in [-0.2, 0) is 10.1 Å². The molecule has 1 aromatic rings. The van der Waals surface area contributed by atoms with Gasteiger partial charge in [-0.3, -0.25) is 4.55 Å². The molecule has 16 heavy (non-hydrogen) atoms. The monoisotopic (exact) mass is 258 g/mol. The summed E-state index contributed by atoms with van der Waals surface area (Å²) in [6, 6.07) is 0.260. The normalized spacial score (nSPS) is 10.2. The fourth-order valence-electron chi connectivity index (χ4n) is 0.849. The van der Waals surface area contributed by atoms with Crippen LogP contribution in [-0.4, -0.2) is 13.0 Å². The molecule has 0 unspecified atom stereocenters. The first-order valence-corrected chi connectivity index (χ1v) is 4.69. The number of nitrogens with two attached hydrogens (primary N) is 2. The zero-order valence-electron chi connectivity index (χ0n) is 8.07. The van der Waals surface area contributed by atoms with Crippen molar-refractivity contribution >= 4 is 21.5 Å². The van der Waals surface area contributed by atoms with Gasteiger partial charge in [-0.05, 0) is 0 Å². The van der Waals surface area contributed by atoms with E-state index in [1.807, 2.05) is 0 Å². The molecular weight excluding hydrogens is 246 g/mol. The van der Waals surface area contributed by atoms with E-state index in [0.717, 1.165) is 0 Å². The van der Waals surface area contributed by atoms with Crippen LogP contribution >= 0.6 is 0 Å². The lowest BCUT2D eigenvalue weighted by atomic mass is 10.2. The summed E-state index contributed by atoms with van der Waals surface area (Å²) in [7, 11) is -4.71. The van der Waals surface area contributed by atoms with Crippen LogP contribution < -0.4 is 23.8 Å². The highest BCUT2D eigenvalue weighted by Crippen LogP contribution is 2.28. The molecule has 11 N–H and O–H groups in total. The Hall–Kier alpha value is -1.49. The number of nitrogen functional groups attached to an aromatic ring is 2. The first-order valence-electron chi connectivity index (χ1n) is 3.25. The summed E-state index contributed by atoms with van der Waals surface area (Å²) >= 11 is 0. The summed E-state index contributed by atoms with van der Waals surface area (Å²) < 4.78 is 55.1. The second kappa shape index (κ2) is 5.03. The highest BCUT2D eigenvalue weighted by Gasteiger charge is 2.21. The Balaban J connectivity index is 0.